The van der Waals surface area contributed by atoms with Gasteiger partial charge in [-0.25, -0.2) is 0 Å². The first-order valence-electron chi connectivity index (χ1n) is 5.54. The van der Waals surface area contributed by atoms with Gasteiger partial charge in [0, 0.05) is 13.2 Å². The van der Waals surface area contributed by atoms with Crippen molar-refractivity contribution < 1.29 is 14.6 Å². The predicted molar refractivity (Wildman–Crippen MR) is 57.9 cm³/mol. The van der Waals surface area contributed by atoms with Crippen molar-refractivity contribution in [2.45, 2.75) is 57.2 Å². The summed E-state index contributed by atoms with van der Waals surface area (Å²) in [5, 5.41) is 12.5. The highest BCUT2D eigenvalue weighted by Crippen LogP contribution is 2.23. The van der Waals surface area contributed by atoms with E-state index in [2.05, 4.69) is 5.32 Å². The normalized spacial score (nSPS) is 23.7. The van der Waals surface area contributed by atoms with Crippen LogP contribution < -0.4 is 5.32 Å². The molecule has 1 fully saturated rings. The Labute approximate surface area is 91.0 Å². The molecule has 0 aliphatic heterocycles. The molecule has 0 amide bonds. The average molecular weight is 215 g/mol. The van der Waals surface area contributed by atoms with E-state index in [-0.39, 0.29) is 6.10 Å². The van der Waals surface area contributed by atoms with Gasteiger partial charge in [0.2, 0.25) is 0 Å². The van der Waals surface area contributed by atoms with Gasteiger partial charge in [0.25, 0.3) is 0 Å². The van der Waals surface area contributed by atoms with Crippen molar-refractivity contribution in [2.24, 2.45) is 0 Å². The molecule has 2 N–H and O–H groups in total. The fraction of sp³-hybridized carbons (Fsp3) is 0.909. The van der Waals surface area contributed by atoms with Gasteiger partial charge in [-0.2, -0.15) is 0 Å². The molecule has 2 unspecified atom stereocenters. The van der Waals surface area contributed by atoms with Crippen LogP contribution in [0.25, 0.3) is 0 Å². The van der Waals surface area contributed by atoms with Crippen molar-refractivity contribution in [2.75, 3.05) is 7.11 Å². The molecular weight excluding hydrogens is 194 g/mol. The second-order valence-electron chi connectivity index (χ2n) is 4.51. The monoisotopic (exact) mass is 215 g/mol. The second kappa shape index (κ2) is 4.94. The third-order valence-corrected chi connectivity index (χ3v) is 3.47. The number of carboxylic acid groups (broad SMARTS) is 1. The van der Waals surface area contributed by atoms with Crippen LogP contribution in [0.15, 0.2) is 0 Å². The Kier molecular flexibility index (Phi) is 4.11. The van der Waals surface area contributed by atoms with Gasteiger partial charge in [-0.15, -0.1) is 0 Å². The third-order valence-electron chi connectivity index (χ3n) is 3.47. The zero-order valence-electron chi connectivity index (χ0n) is 9.75. The lowest BCUT2D eigenvalue weighted by atomic mass is 9.94. The third kappa shape index (κ3) is 2.69. The summed E-state index contributed by atoms with van der Waals surface area (Å²) in [4.78, 5) is 11.3. The Morgan fingerprint density at radius 3 is 2.47 bits per heavy atom. The molecule has 15 heavy (non-hydrogen) atoms. The van der Waals surface area contributed by atoms with E-state index in [0.717, 1.165) is 12.8 Å². The molecule has 0 aromatic rings. The maximum Gasteiger partial charge on any atom is 0.326 e. The summed E-state index contributed by atoms with van der Waals surface area (Å²) in [6, 6.07) is 0.323. The minimum absolute atomic E-state index is 0.323. The van der Waals surface area contributed by atoms with Crippen LogP contribution >= 0.6 is 0 Å². The van der Waals surface area contributed by atoms with Crippen LogP contribution in [0.3, 0.4) is 0 Å². The molecule has 0 bridgehead atoms. The topological polar surface area (TPSA) is 58.6 Å². The van der Waals surface area contributed by atoms with Gasteiger partial charge in [-0.3, -0.25) is 10.1 Å². The summed E-state index contributed by atoms with van der Waals surface area (Å²) < 4.78 is 5.14. The zero-order valence-corrected chi connectivity index (χ0v) is 9.75. The highest BCUT2D eigenvalue weighted by atomic mass is 16.5. The maximum absolute atomic E-state index is 11.3. The Hall–Kier alpha value is -0.610. The van der Waals surface area contributed by atoms with Crippen LogP contribution in [-0.2, 0) is 9.53 Å². The Balaban J connectivity index is 2.67. The largest absolute Gasteiger partial charge is 0.480 e. The van der Waals surface area contributed by atoms with E-state index in [9.17, 15) is 9.90 Å². The molecule has 1 saturated carbocycles. The van der Waals surface area contributed by atoms with Crippen LogP contribution in [0.5, 0.6) is 0 Å². The number of carbonyl (C=O) groups is 1. The van der Waals surface area contributed by atoms with Gasteiger partial charge >= 0.3 is 5.97 Å². The van der Waals surface area contributed by atoms with Gasteiger partial charge in [0.05, 0.1) is 6.10 Å². The molecule has 0 heterocycles. The molecule has 0 aromatic carbocycles. The number of ether oxygens (including phenoxy) is 1. The first kappa shape index (κ1) is 12.5. The number of nitrogens with one attached hydrogen (secondary N) is 1. The summed E-state index contributed by atoms with van der Waals surface area (Å²) in [5.41, 5.74) is -0.982. The first-order valence-corrected chi connectivity index (χ1v) is 5.54. The molecule has 4 heteroatoms. The van der Waals surface area contributed by atoms with Crippen molar-refractivity contribution in [3.05, 3.63) is 0 Å². The Morgan fingerprint density at radius 2 is 2.07 bits per heavy atom. The Morgan fingerprint density at radius 1 is 1.53 bits per heavy atom. The van der Waals surface area contributed by atoms with Crippen molar-refractivity contribution >= 4 is 5.97 Å². The van der Waals surface area contributed by atoms with Gasteiger partial charge < -0.3 is 9.84 Å². The van der Waals surface area contributed by atoms with E-state index in [1.807, 2.05) is 0 Å². The molecule has 0 radical (unpaired) electrons. The lowest BCUT2D eigenvalue weighted by Gasteiger charge is -2.34. The molecule has 1 rings (SSSR count). The summed E-state index contributed by atoms with van der Waals surface area (Å²) in [5.74, 6) is -0.844. The quantitative estimate of drug-likeness (QED) is 0.727. The lowest BCUT2D eigenvalue weighted by Crippen LogP contribution is -2.60. The summed E-state index contributed by atoms with van der Waals surface area (Å²) in [7, 11) is 1.54. The van der Waals surface area contributed by atoms with E-state index < -0.39 is 11.5 Å². The van der Waals surface area contributed by atoms with Crippen molar-refractivity contribution in [3.63, 3.8) is 0 Å². The molecule has 1 aliphatic rings. The molecule has 4 nitrogen and oxygen atoms in total. The second-order valence-corrected chi connectivity index (χ2v) is 4.51. The Bertz CT molecular complexity index is 226. The lowest BCUT2D eigenvalue weighted by molar-refractivity contribution is -0.150. The fourth-order valence-electron chi connectivity index (χ4n) is 2.08. The summed E-state index contributed by atoms with van der Waals surface area (Å²) >= 11 is 0. The SMILES string of the molecule is COC(C)C(C)(NC1CCCC1)C(=O)O. The van der Waals surface area contributed by atoms with E-state index in [4.69, 9.17) is 4.74 Å². The molecular formula is C11H21NO3. The predicted octanol–water partition coefficient (Wildman–Crippen LogP) is 1.40. The molecule has 0 spiro atoms. The number of methoxy groups -OCH3 is 1. The summed E-state index contributed by atoms with van der Waals surface area (Å²) in [6.45, 7) is 3.48. The number of hydrogen-bond donors (Lipinski definition) is 2. The number of carboxylic acids is 1. The van der Waals surface area contributed by atoms with Crippen LogP contribution in [0.2, 0.25) is 0 Å². The van der Waals surface area contributed by atoms with Crippen LogP contribution in [0, 0.1) is 0 Å². The molecule has 0 aromatic heterocycles. The number of aliphatic carboxylic acids is 1. The van der Waals surface area contributed by atoms with E-state index in [0.29, 0.717) is 6.04 Å². The first-order chi connectivity index (χ1) is 7.00. The molecule has 0 saturated heterocycles. The molecule has 1 aliphatic carbocycles. The van der Waals surface area contributed by atoms with E-state index in [1.165, 1.54) is 12.8 Å². The summed E-state index contributed by atoms with van der Waals surface area (Å²) in [6.07, 6.45) is 4.18. The average Bonchev–Trinajstić information content (AvgIpc) is 2.68. The van der Waals surface area contributed by atoms with E-state index in [1.54, 1.807) is 21.0 Å². The van der Waals surface area contributed by atoms with Crippen LogP contribution in [-0.4, -0.2) is 35.9 Å². The van der Waals surface area contributed by atoms with Crippen LogP contribution in [0.1, 0.15) is 39.5 Å². The minimum Gasteiger partial charge on any atom is -0.480 e. The molecule has 88 valence electrons. The van der Waals surface area contributed by atoms with Crippen LogP contribution in [0.4, 0.5) is 0 Å². The van der Waals surface area contributed by atoms with Crippen molar-refractivity contribution in [1.29, 1.82) is 0 Å². The minimum atomic E-state index is -0.982. The number of hydrogen-bond acceptors (Lipinski definition) is 3. The highest BCUT2D eigenvalue weighted by molar-refractivity contribution is 5.79. The molecule has 2 atom stereocenters. The number of rotatable bonds is 5. The van der Waals surface area contributed by atoms with Gasteiger partial charge in [-0.1, -0.05) is 12.8 Å². The smallest absolute Gasteiger partial charge is 0.326 e. The van der Waals surface area contributed by atoms with E-state index >= 15 is 0 Å². The van der Waals surface area contributed by atoms with Gasteiger partial charge in [0.15, 0.2) is 0 Å². The maximum atomic E-state index is 11.3. The van der Waals surface area contributed by atoms with Gasteiger partial charge in [0.1, 0.15) is 5.54 Å². The highest BCUT2D eigenvalue weighted by Gasteiger charge is 2.41. The fourth-order valence-corrected chi connectivity index (χ4v) is 2.08. The van der Waals surface area contributed by atoms with Crippen molar-refractivity contribution in [3.8, 4) is 0 Å². The standard InChI is InChI=1S/C11H21NO3/c1-8(15-3)11(2,10(13)14)12-9-6-4-5-7-9/h8-9,12H,4-7H2,1-3H3,(H,13,14). The van der Waals surface area contributed by atoms with Gasteiger partial charge in [-0.05, 0) is 26.7 Å². The zero-order chi connectivity index (χ0) is 11.5. The van der Waals surface area contributed by atoms with Crippen molar-refractivity contribution in [1.82, 2.24) is 5.32 Å².